The van der Waals surface area contributed by atoms with Gasteiger partial charge in [-0.15, -0.1) is 11.6 Å². The highest BCUT2D eigenvalue weighted by Gasteiger charge is 2.11. The summed E-state index contributed by atoms with van der Waals surface area (Å²) >= 11 is 5.95. The van der Waals surface area contributed by atoms with Crippen LogP contribution in [-0.4, -0.2) is 0 Å². The van der Waals surface area contributed by atoms with Crippen molar-refractivity contribution in [2.75, 3.05) is 0 Å². The van der Waals surface area contributed by atoms with Gasteiger partial charge in [-0.05, 0) is 61.1 Å². The van der Waals surface area contributed by atoms with E-state index in [2.05, 4.69) is 34.3 Å². The summed E-state index contributed by atoms with van der Waals surface area (Å²) in [4.78, 5) is 0. The first-order valence-electron chi connectivity index (χ1n) is 4.82. The van der Waals surface area contributed by atoms with Crippen LogP contribution >= 0.6 is 11.6 Å². The summed E-state index contributed by atoms with van der Waals surface area (Å²) in [5.41, 5.74) is 7.75. The van der Waals surface area contributed by atoms with Crippen LogP contribution in [0, 0.1) is 27.7 Å². The fourth-order valence-corrected chi connectivity index (χ4v) is 2.33. The summed E-state index contributed by atoms with van der Waals surface area (Å²) in [6, 6.07) is 0. The van der Waals surface area contributed by atoms with E-state index in [1.807, 2.05) is 6.08 Å². The molecule has 0 radical (unpaired) electrons. The molecule has 76 valence electrons. The average molecular weight is 209 g/mol. The van der Waals surface area contributed by atoms with E-state index in [1.54, 1.807) is 0 Å². The lowest BCUT2D eigenvalue weighted by Crippen LogP contribution is -2.00. The van der Waals surface area contributed by atoms with Gasteiger partial charge in [0.15, 0.2) is 0 Å². The van der Waals surface area contributed by atoms with Gasteiger partial charge in [-0.2, -0.15) is 0 Å². The third-order valence-electron chi connectivity index (χ3n) is 3.18. The van der Waals surface area contributed by atoms with Crippen molar-refractivity contribution in [2.24, 2.45) is 0 Å². The van der Waals surface area contributed by atoms with Crippen molar-refractivity contribution in [3.8, 4) is 0 Å². The maximum absolute atomic E-state index is 5.95. The van der Waals surface area contributed by atoms with Crippen molar-refractivity contribution in [1.29, 1.82) is 0 Å². The van der Waals surface area contributed by atoms with Gasteiger partial charge >= 0.3 is 0 Å². The predicted molar refractivity (Wildman–Crippen MR) is 65.0 cm³/mol. The minimum absolute atomic E-state index is 0.594. The van der Waals surface area contributed by atoms with Gasteiger partial charge < -0.3 is 0 Å². The molecule has 1 aromatic rings. The lowest BCUT2D eigenvalue weighted by molar-refractivity contribution is 1.15. The van der Waals surface area contributed by atoms with Gasteiger partial charge in [0, 0.05) is 5.88 Å². The second-order valence-electron chi connectivity index (χ2n) is 3.73. The second kappa shape index (κ2) is 4.18. The molecule has 0 aliphatic carbocycles. The van der Waals surface area contributed by atoms with E-state index in [0.29, 0.717) is 5.88 Å². The van der Waals surface area contributed by atoms with Crippen molar-refractivity contribution < 1.29 is 0 Å². The molecule has 0 N–H and O–H groups in total. The van der Waals surface area contributed by atoms with Gasteiger partial charge in [-0.1, -0.05) is 12.7 Å². The lowest BCUT2D eigenvalue weighted by Gasteiger charge is -2.17. The highest BCUT2D eigenvalue weighted by Crippen LogP contribution is 2.28. The van der Waals surface area contributed by atoms with Crippen molar-refractivity contribution in [1.82, 2.24) is 0 Å². The summed E-state index contributed by atoms with van der Waals surface area (Å²) in [5, 5.41) is 0. The Balaban J connectivity index is 3.63. The first-order chi connectivity index (χ1) is 6.54. The Morgan fingerprint density at radius 1 is 1.00 bits per heavy atom. The molecule has 1 aromatic carbocycles. The summed E-state index contributed by atoms with van der Waals surface area (Å²) in [6.07, 6.45) is 1.93. The van der Waals surface area contributed by atoms with E-state index in [4.69, 9.17) is 11.6 Å². The van der Waals surface area contributed by atoms with Gasteiger partial charge in [0.25, 0.3) is 0 Å². The van der Waals surface area contributed by atoms with E-state index >= 15 is 0 Å². The van der Waals surface area contributed by atoms with Crippen LogP contribution in [0.25, 0.3) is 6.08 Å². The van der Waals surface area contributed by atoms with E-state index in [1.165, 1.54) is 33.4 Å². The molecule has 0 saturated carbocycles. The fraction of sp³-hybridized carbons (Fsp3) is 0.385. The van der Waals surface area contributed by atoms with Crippen molar-refractivity contribution >= 4 is 17.7 Å². The van der Waals surface area contributed by atoms with Crippen LogP contribution in [0.15, 0.2) is 6.58 Å². The third kappa shape index (κ3) is 1.59. The van der Waals surface area contributed by atoms with Crippen LogP contribution in [0.1, 0.15) is 33.4 Å². The zero-order valence-electron chi connectivity index (χ0n) is 9.37. The summed E-state index contributed by atoms with van der Waals surface area (Å²) in [5.74, 6) is 0.594. The monoisotopic (exact) mass is 208 g/mol. The van der Waals surface area contributed by atoms with E-state index in [9.17, 15) is 0 Å². The number of halogens is 1. The maximum atomic E-state index is 5.95. The highest BCUT2D eigenvalue weighted by atomic mass is 35.5. The van der Waals surface area contributed by atoms with Crippen LogP contribution < -0.4 is 0 Å². The number of alkyl halides is 1. The molecule has 0 aliphatic heterocycles. The molecule has 0 bridgehead atoms. The summed E-state index contributed by atoms with van der Waals surface area (Å²) in [6.45, 7) is 12.4. The second-order valence-corrected chi connectivity index (χ2v) is 4.00. The summed E-state index contributed by atoms with van der Waals surface area (Å²) < 4.78 is 0. The Kier molecular flexibility index (Phi) is 3.38. The molecule has 14 heavy (non-hydrogen) atoms. The van der Waals surface area contributed by atoms with Crippen LogP contribution in [0.3, 0.4) is 0 Å². The maximum Gasteiger partial charge on any atom is 0.0479 e. The van der Waals surface area contributed by atoms with Crippen molar-refractivity contribution in [3.05, 3.63) is 40.0 Å². The number of benzene rings is 1. The highest BCUT2D eigenvalue weighted by molar-refractivity contribution is 6.17. The van der Waals surface area contributed by atoms with E-state index in [0.717, 1.165) is 0 Å². The number of rotatable bonds is 2. The third-order valence-corrected chi connectivity index (χ3v) is 3.44. The molecule has 0 aromatic heterocycles. The first kappa shape index (κ1) is 11.3. The van der Waals surface area contributed by atoms with Gasteiger partial charge in [0.05, 0.1) is 0 Å². The quantitative estimate of drug-likeness (QED) is 0.636. The first-order valence-corrected chi connectivity index (χ1v) is 5.35. The van der Waals surface area contributed by atoms with Gasteiger partial charge in [-0.25, -0.2) is 0 Å². The molecule has 0 saturated heterocycles. The zero-order valence-corrected chi connectivity index (χ0v) is 10.1. The molecular weight excluding hydrogens is 192 g/mol. The Bertz CT molecular complexity index is 346. The SMILES string of the molecule is C=Cc1c(C)c(C)c(CCl)c(C)c1C. The molecule has 1 heteroatoms. The molecule has 0 nitrogen and oxygen atoms in total. The Hall–Kier alpha value is -0.750. The predicted octanol–water partition coefficient (Wildman–Crippen LogP) is 4.30. The molecule has 0 spiro atoms. The largest absolute Gasteiger partial charge is 0.122 e. The van der Waals surface area contributed by atoms with Crippen LogP contribution in [0.5, 0.6) is 0 Å². The van der Waals surface area contributed by atoms with Crippen molar-refractivity contribution in [2.45, 2.75) is 33.6 Å². The molecule has 0 amide bonds. The van der Waals surface area contributed by atoms with E-state index < -0.39 is 0 Å². The molecule has 0 unspecified atom stereocenters. The van der Waals surface area contributed by atoms with Gasteiger partial charge in [-0.3, -0.25) is 0 Å². The van der Waals surface area contributed by atoms with Gasteiger partial charge in [0.1, 0.15) is 0 Å². The molecule has 0 fully saturated rings. The minimum atomic E-state index is 0.594. The molecule has 0 heterocycles. The Morgan fingerprint density at radius 3 is 1.71 bits per heavy atom. The van der Waals surface area contributed by atoms with E-state index in [-0.39, 0.29) is 0 Å². The smallest absolute Gasteiger partial charge is 0.0479 e. The Morgan fingerprint density at radius 2 is 1.43 bits per heavy atom. The van der Waals surface area contributed by atoms with Crippen LogP contribution in [0.4, 0.5) is 0 Å². The van der Waals surface area contributed by atoms with Crippen molar-refractivity contribution in [3.63, 3.8) is 0 Å². The topological polar surface area (TPSA) is 0 Å². The lowest BCUT2D eigenvalue weighted by atomic mass is 9.90. The van der Waals surface area contributed by atoms with Crippen LogP contribution in [-0.2, 0) is 5.88 Å². The fourth-order valence-electron chi connectivity index (χ4n) is 1.93. The Labute approximate surface area is 91.6 Å². The average Bonchev–Trinajstić information content (AvgIpc) is 2.17. The molecule has 0 atom stereocenters. The van der Waals surface area contributed by atoms with Crippen LogP contribution in [0.2, 0.25) is 0 Å². The number of hydrogen-bond acceptors (Lipinski definition) is 0. The molecule has 0 aliphatic rings. The molecule has 1 rings (SSSR count). The summed E-state index contributed by atoms with van der Waals surface area (Å²) in [7, 11) is 0. The number of hydrogen-bond donors (Lipinski definition) is 0. The van der Waals surface area contributed by atoms with Gasteiger partial charge in [0.2, 0.25) is 0 Å². The minimum Gasteiger partial charge on any atom is -0.122 e. The normalized spacial score (nSPS) is 10.4. The zero-order chi connectivity index (χ0) is 10.9. The standard InChI is InChI=1S/C13H17Cl/c1-6-12-8(2)10(4)13(7-14)11(5)9(12)3/h6H,1,7H2,2-5H3. The molecular formula is C13H17Cl.